The number of hydrogen-bond acceptors (Lipinski definition) is 4. The largest absolute Gasteiger partial charge is 0.493 e. The zero-order valence-corrected chi connectivity index (χ0v) is 17.4. The molecule has 3 rings (SSSR count). The maximum Gasteiger partial charge on any atom is 0.244 e. The lowest BCUT2D eigenvalue weighted by Crippen LogP contribution is -2.44. The average molecular weight is 395 g/mol. The Hall–Kier alpha value is -2.79. The van der Waals surface area contributed by atoms with Gasteiger partial charge in [0.15, 0.2) is 11.5 Å². The van der Waals surface area contributed by atoms with Gasteiger partial charge in [0.05, 0.1) is 14.2 Å². The molecule has 5 heteroatoms. The van der Waals surface area contributed by atoms with Crippen molar-refractivity contribution in [2.45, 2.75) is 25.2 Å². The molecule has 1 saturated heterocycles. The van der Waals surface area contributed by atoms with Crippen LogP contribution in [0, 0.1) is 0 Å². The number of rotatable bonds is 7. The molecular weight excluding hydrogens is 366 g/mol. The second-order valence-corrected chi connectivity index (χ2v) is 7.37. The predicted octanol–water partition coefficient (Wildman–Crippen LogP) is 3.97. The zero-order chi connectivity index (χ0) is 20.7. The first-order chi connectivity index (χ1) is 14.1. The van der Waals surface area contributed by atoms with E-state index in [2.05, 4.69) is 11.4 Å². The maximum atomic E-state index is 12.6. The van der Waals surface area contributed by atoms with Gasteiger partial charge in [-0.3, -0.25) is 4.79 Å². The predicted molar refractivity (Wildman–Crippen MR) is 114 cm³/mol. The fourth-order valence-corrected chi connectivity index (χ4v) is 3.78. The van der Waals surface area contributed by atoms with Crippen LogP contribution in [0.15, 0.2) is 54.6 Å². The van der Waals surface area contributed by atoms with Crippen LogP contribution in [0.3, 0.4) is 0 Å². The van der Waals surface area contributed by atoms with Crippen LogP contribution in [0.4, 0.5) is 0 Å². The second-order valence-electron chi connectivity index (χ2n) is 7.37. The van der Waals surface area contributed by atoms with Gasteiger partial charge in [-0.1, -0.05) is 36.4 Å². The smallest absolute Gasteiger partial charge is 0.244 e. The molecule has 0 spiro atoms. The van der Waals surface area contributed by atoms with E-state index in [0.29, 0.717) is 31.3 Å². The Labute approximate surface area is 172 Å². The van der Waals surface area contributed by atoms with Crippen molar-refractivity contribution in [3.8, 4) is 11.5 Å². The molecule has 1 aliphatic rings. The van der Waals surface area contributed by atoms with Gasteiger partial charge in [-0.05, 0) is 48.6 Å². The number of allylic oxidation sites excluding steroid dienone is 1. The number of hydrogen-bond donors (Lipinski definition) is 1. The van der Waals surface area contributed by atoms with Crippen molar-refractivity contribution in [3.63, 3.8) is 0 Å². The van der Waals surface area contributed by atoms with E-state index in [1.807, 2.05) is 49.4 Å². The molecule has 0 aromatic heterocycles. The molecule has 1 aliphatic heterocycles. The highest BCUT2D eigenvalue weighted by Gasteiger charge is 2.35. The van der Waals surface area contributed by atoms with Gasteiger partial charge < -0.3 is 19.5 Å². The molecule has 0 saturated carbocycles. The average Bonchev–Trinajstić information content (AvgIpc) is 2.78. The number of amides is 1. The number of ether oxygens (including phenoxy) is 3. The van der Waals surface area contributed by atoms with Crippen molar-refractivity contribution >= 4 is 11.5 Å². The molecule has 0 bridgehead atoms. The molecular formula is C24H29NO4. The molecule has 2 aromatic rings. The normalized spacial score (nSPS) is 16.2. The van der Waals surface area contributed by atoms with E-state index in [9.17, 15) is 4.79 Å². The number of carbonyl (C=O) groups excluding carboxylic acids is 1. The fraction of sp³-hybridized carbons (Fsp3) is 0.375. The van der Waals surface area contributed by atoms with Crippen molar-refractivity contribution < 1.29 is 19.0 Å². The quantitative estimate of drug-likeness (QED) is 0.721. The Morgan fingerprint density at radius 3 is 2.41 bits per heavy atom. The number of nitrogens with one attached hydrogen (secondary N) is 1. The Morgan fingerprint density at radius 2 is 1.76 bits per heavy atom. The van der Waals surface area contributed by atoms with Crippen molar-refractivity contribution in [3.05, 3.63) is 65.7 Å². The number of benzene rings is 2. The van der Waals surface area contributed by atoms with E-state index < -0.39 is 0 Å². The van der Waals surface area contributed by atoms with Gasteiger partial charge in [0.25, 0.3) is 0 Å². The standard InChI is InChI=1S/C24H29NO4/c1-18(19-7-5-4-6-8-19)15-23(26)25-17-24(11-13-29-14-12-24)20-9-10-21(27-2)22(16-20)28-3/h4-10,15-16H,11-14,17H2,1-3H3,(H,25,26). The Morgan fingerprint density at radius 1 is 1.07 bits per heavy atom. The van der Waals surface area contributed by atoms with Gasteiger partial charge in [-0.15, -0.1) is 0 Å². The van der Waals surface area contributed by atoms with Gasteiger partial charge in [0.2, 0.25) is 5.91 Å². The summed E-state index contributed by atoms with van der Waals surface area (Å²) in [5.41, 5.74) is 2.92. The summed E-state index contributed by atoms with van der Waals surface area (Å²) in [5.74, 6) is 1.31. The molecule has 154 valence electrons. The van der Waals surface area contributed by atoms with Crippen LogP contribution >= 0.6 is 0 Å². The summed E-state index contributed by atoms with van der Waals surface area (Å²) in [4.78, 5) is 12.6. The van der Waals surface area contributed by atoms with Crippen molar-refractivity contribution in [1.29, 1.82) is 0 Å². The SMILES string of the molecule is COc1ccc(C2(CNC(=O)C=C(C)c3ccccc3)CCOCC2)cc1OC. The van der Waals surface area contributed by atoms with Gasteiger partial charge in [0, 0.05) is 31.2 Å². The van der Waals surface area contributed by atoms with E-state index in [-0.39, 0.29) is 11.3 Å². The molecule has 0 aliphatic carbocycles. The van der Waals surface area contributed by atoms with Crippen molar-refractivity contribution in [2.24, 2.45) is 0 Å². The first-order valence-corrected chi connectivity index (χ1v) is 9.90. The third-order valence-electron chi connectivity index (χ3n) is 5.62. The van der Waals surface area contributed by atoms with Crippen LogP contribution in [-0.2, 0) is 14.9 Å². The third kappa shape index (κ3) is 4.98. The summed E-state index contributed by atoms with van der Waals surface area (Å²) >= 11 is 0. The molecule has 1 fully saturated rings. The summed E-state index contributed by atoms with van der Waals surface area (Å²) in [6.45, 7) is 3.84. The van der Waals surface area contributed by atoms with Gasteiger partial charge >= 0.3 is 0 Å². The molecule has 0 atom stereocenters. The summed E-state index contributed by atoms with van der Waals surface area (Å²) in [5, 5.41) is 3.12. The monoisotopic (exact) mass is 395 g/mol. The molecule has 0 unspecified atom stereocenters. The van der Waals surface area contributed by atoms with Crippen LogP contribution in [0.1, 0.15) is 30.9 Å². The van der Waals surface area contributed by atoms with E-state index in [0.717, 1.165) is 29.5 Å². The Bertz CT molecular complexity index is 854. The summed E-state index contributed by atoms with van der Waals surface area (Å²) < 4.78 is 16.5. The zero-order valence-electron chi connectivity index (χ0n) is 17.4. The van der Waals surface area contributed by atoms with E-state index in [1.165, 1.54) is 0 Å². The van der Waals surface area contributed by atoms with Crippen molar-refractivity contribution in [1.82, 2.24) is 5.32 Å². The molecule has 0 radical (unpaired) electrons. The minimum Gasteiger partial charge on any atom is -0.493 e. The highest BCUT2D eigenvalue weighted by molar-refractivity contribution is 5.94. The summed E-state index contributed by atoms with van der Waals surface area (Å²) in [6.07, 6.45) is 3.34. The first kappa shape index (κ1) is 20.9. The van der Waals surface area contributed by atoms with Crippen LogP contribution in [-0.4, -0.2) is 39.9 Å². The highest BCUT2D eigenvalue weighted by Crippen LogP contribution is 2.38. The molecule has 1 heterocycles. The van der Waals surface area contributed by atoms with Crippen LogP contribution in [0.25, 0.3) is 5.57 Å². The van der Waals surface area contributed by atoms with Crippen LogP contribution < -0.4 is 14.8 Å². The topological polar surface area (TPSA) is 56.8 Å². The van der Waals surface area contributed by atoms with Gasteiger partial charge in [-0.25, -0.2) is 0 Å². The molecule has 1 amide bonds. The lowest BCUT2D eigenvalue weighted by Gasteiger charge is -2.38. The van der Waals surface area contributed by atoms with E-state index in [4.69, 9.17) is 14.2 Å². The minimum absolute atomic E-state index is 0.0855. The summed E-state index contributed by atoms with van der Waals surface area (Å²) in [7, 11) is 3.26. The summed E-state index contributed by atoms with van der Waals surface area (Å²) in [6, 6.07) is 15.9. The molecule has 29 heavy (non-hydrogen) atoms. The first-order valence-electron chi connectivity index (χ1n) is 9.90. The molecule has 5 nitrogen and oxygen atoms in total. The van der Waals surface area contributed by atoms with Crippen LogP contribution in [0.2, 0.25) is 0 Å². The second kappa shape index (κ2) is 9.61. The lowest BCUT2D eigenvalue weighted by atomic mass is 9.74. The van der Waals surface area contributed by atoms with E-state index in [1.54, 1.807) is 20.3 Å². The Kier molecular flexibility index (Phi) is 6.94. The minimum atomic E-state index is -0.193. The highest BCUT2D eigenvalue weighted by atomic mass is 16.5. The number of carbonyl (C=O) groups is 1. The fourth-order valence-electron chi connectivity index (χ4n) is 3.78. The van der Waals surface area contributed by atoms with Crippen LogP contribution in [0.5, 0.6) is 11.5 Å². The van der Waals surface area contributed by atoms with E-state index >= 15 is 0 Å². The van der Waals surface area contributed by atoms with Gasteiger partial charge in [0.1, 0.15) is 0 Å². The lowest BCUT2D eigenvalue weighted by molar-refractivity contribution is -0.117. The molecule has 2 aromatic carbocycles. The molecule has 1 N–H and O–H groups in total. The number of methoxy groups -OCH3 is 2. The maximum absolute atomic E-state index is 12.6. The third-order valence-corrected chi connectivity index (χ3v) is 5.62. The Balaban J connectivity index is 1.78. The van der Waals surface area contributed by atoms with Gasteiger partial charge in [-0.2, -0.15) is 0 Å². The van der Waals surface area contributed by atoms with Crippen molar-refractivity contribution in [2.75, 3.05) is 34.0 Å².